The molecule has 2 N–H and O–H groups in total. The van der Waals surface area contributed by atoms with E-state index in [0.29, 0.717) is 61.2 Å². The third-order valence-electron chi connectivity index (χ3n) is 10.3. The van der Waals surface area contributed by atoms with Crippen LogP contribution in [0.3, 0.4) is 0 Å². The molecule has 7 rings (SSSR count). The van der Waals surface area contributed by atoms with Crippen LogP contribution in [0.15, 0.2) is 36.4 Å². The SMILES string of the molecule is C#Cc1c(F)ccc2cc(O)cc(-c3ccc4c(N5CCN[C@@](CC)(COC)C5)nc(OC[C@@]56CCCN5C[C@H](F)C6)nc4c3F)c12. The predicted molar refractivity (Wildman–Crippen MR) is 176 cm³/mol. The summed E-state index contributed by atoms with van der Waals surface area (Å²) in [6, 6.07) is 8.90. The van der Waals surface area contributed by atoms with Gasteiger partial charge >= 0.3 is 6.01 Å². The first kappa shape index (κ1) is 31.5. The Kier molecular flexibility index (Phi) is 8.15. The van der Waals surface area contributed by atoms with Crippen molar-refractivity contribution in [2.24, 2.45) is 0 Å². The molecule has 3 aromatic carbocycles. The van der Waals surface area contributed by atoms with Gasteiger partial charge in [-0.2, -0.15) is 9.97 Å². The van der Waals surface area contributed by atoms with Crippen molar-refractivity contribution in [1.29, 1.82) is 0 Å². The molecule has 3 fully saturated rings. The second-order valence-corrected chi connectivity index (χ2v) is 13.1. The lowest BCUT2D eigenvalue weighted by atomic mass is 9.92. The van der Waals surface area contributed by atoms with Crippen molar-refractivity contribution in [2.45, 2.75) is 49.9 Å². The maximum Gasteiger partial charge on any atom is 0.319 e. The molecular formula is C36H38F3N5O3. The second-order valence-electron chi connectivity index (χ2n) is 13.1. The summed E-state index contributed by atoms with van der Waals surface area (Å²) in [7, 11) is 1.67. The van der Waals surface area contributed by atoms with E-state index in [9.17, 15) is 13.9 Å². The van der Waals surface area contributed by atoms with Crippen molar-refractivity contribution >= 4 is 27.5 Å². The molecule has 0 spiro atoms. The third kappa shape index (κ3) is 5.42. The number of fused-ring (bicyclic) bond motifs is 3. The van der Waals surface area contributed by atoms with Gasteiger partial charge in [-0.3, -0.25) is 4.90 Å². The molecular weight excluding hydrogens is 607 g/mol. The highest BCUT2D eigenvalue weighted by atomic mass is 19.1. The van der Waals surface area contributed by atoms with Crippen molar-refractivity contribution < 1.29 is 27.8 Å². The average molecular weight is 646 g/mol. The highest BCUT2D eigenvalue weighted by molar-refractivity contribution is 6.04. The fourth-order valence-electron chi connectivity index (χ4n) is 7.91. The number of hydrogen-bond donors (Lipinski definition) is 2. The van der Waals surface area contributed by atoms with Gasteiger partial charge in [-0.15, -0.1) is 6.42 Å². The number of hydrogen-bond acceptors (Lipinski definition) is 8. The van der Waals surface area contributed by atoms with E-state index in [4.69, 9.17) is 20.9 Å². The van der Waals surface area contributed by atoms with Gasteiger partial charge in [-0.1, -0.05) is 25.0 Å². The molecule has 1 aromatic heterocycles. The maximum absolute atomic E-state index is 16.9. The molecule has 8 nitrogen and oxygen atoms in total. The number of rotatable bonds is 8. The van der Waals surface area contributed by atoms with E-state index in [0.717, 1.165) is 25.8 Å². The summed E-state index contributed by atoms with van der Waals surface area (Å²) in [5.41, 5.74) is -0.469. The van der Waals surface area contributed by atoms with Crippen LogP contribution in [0.1, 0.15) is 38.2 Å². The zero-order chi connectivity index (χ0) is 32.9. The number of phenols is 1. The van der Waals surface area contributed by atoms with Gasteiger partial charge in [0.05, 0.1) is 23.2 Å². The zero-order valence-corrected chi connectivity index (χ0v) is 26.6. The Bertz CT molecular complexity index is 1900. The molecule has 47 heavy (non-hydrogen) atoms. The number of aromatic nitrogens is 2. The highest BCUT2D eigenvalue weighted by Crippen LogP contribution is 2.42. The van der Waals surface area contributed by atoms with Crippen LogP contribution in [0, 0.1) is 24.0 Å². The molecule has 0 aliphatic carbocycles. The first-order valence-electron chi connectivity index (χ1n) is 16.1. The van der Waals surface area contributed by atoms with E-state index in [1.54, 1.807) is 19.2 Å². The van der Waals surface area contributed by atoms with E-state index in [2.05, 4.69) is 32.9 Å². The van der Waals surface area contributed by atoms with Crippen LogP contribution in [0.25, 0.3) is 32.8 Å². The molecule has 0 unspecified atom stereocenters. The number of piperazine rings is 1. The van der Waals surface area contributed by atoms with Crippen LogP contribution in [0.4, 0.5) is 19.0 Å². The first-order valence-corrected chi connectivity index (χ1v) is 16.1. The average Bonchev–Trinajstić information content (AvgIpc) is 3.59. The normalized spacial score (nSPS) is 24.6. The largest absolute Gasteiger partial charge is 0.508 e. The van der Waals surface area contributed by atoms with E-state index in [1.807, 2.05) is 0 Å². The summed E-state index contributed by atoms with van der Waals surface area (Å²) >= 11 is 0. The fourth-order valence-corrected chi connectivity index (χ4v) is 7.91. The maximum atomic E-state index is 16.9. The molecule has 11 heteroatoms. The summed E-state index contributed by atoms with van der Waals surface area (Å²) in [6.07, 6.45) is 7.71. The lowest BCUT2D eigenvalue weighted by molar-refractivity contribution is 0.101. The van der Waals surface area contributed by atoms with Crippen molar-refractivity contribution in [2.75, 3.05) is 57.9 Å². The van der Waals surface area contributed by atoms with Crippen LogP contribution in [-0.4, -0.2) is 90.3 Å². The molecule has 3 saturated heterocycles. The fraction of sp³-hybridized carbons (Fsp3) is 0.444. The smallest absolute Gasteiger partial charge is 0.319 e. The van der Waals surface area contributed by atoms with Crippen LogP contribution in [0.2, 0.25) is 0 Å². The van der Waals surface area contributed by atoms with Crippen LogP contribution in [-0.2, 0) is 4.74 Å². The first-order chi connectivity index (χ1) is 22.7. The quantitative estimate of drug-likeness (QED) is 0.241. The van der Waals surface area contributed by atoms with E-state index in [1.165, 1.54) is 24.3 Å². The second kappa shape index (κ2) is 12.2. The van der Waals surface area contributed by atoms with Gasteiger partial charge in [-0.25, -0.2) is 13.2 Å². The standard InChI is InChI=1S/C36H38F3N5O3/c1-4-25-29(38)10-7-22-15-24(45)16-28(30(22)25)26-8-9-27-32(31(26)39)41-34(47-21-36-11-6-13-44(36)18-23(37)17-36)42-33(27)43-14-12-40-35(5-2,19-43)20-46-3/h1,7-10,15-16,23,40,45H,5-6,11-14,17-21H2,2-3H3/t23-,35-,36+/m1/s1. The van der Waals surface area contributed by atoms with Crippen molar-refractivity contribution in [3.05, 3.63) is 53.6 Å². The Morgan fingerprint density at radius 3 is 2.77 bits per heavy atom. The number of phenolic OH excluding ortho intramolecular Hbond substituents is 1. The van der Waals surface area contributed by atoms with Crippen molar-refractivity contribution in [1.82, 2.24) is 20.2 Å². The molecule has 3 atom stereocenters. The van der Waals surface area contributed by atoms with Gasteiger partial charge in [0.25, 0.3) is 0 Å². The number of anilines is 1. The molecule has 4 heterocycles. The molecule has 3 aliphatic heterocycles. The molecule has 0 bridgehead atoms. The zero-order valence-electron chi connectivity index (χ0n) is 26.6. The summed E-state index contributed by atoms with van der Waals surface area (Å²) < 4.78 is 58.2. The van der Waals surface area contributed by atoms with Gasteiger partial charge in [0.1, 0.15) is 35.7 Å². The number of nitrogens with zero attached hydrogens (tertiary/aromatic N) is 4. The Hall–Kier alpha value is -4.11. The molecule has 0 amide bonds. The van der Waals surface area contributed by atoms with Gasteiger partial charge in [0.2, 0.25) is 0 Å². The molecule has 0 radical (unpaired) electrons. The van der Waals surface area contributed by atoms with Gasteiger partial charge in [0.15, 0.2) is 5.82 Å². The number of nitrogens with one attached hydrogen (secondary N) is 1. The topological polar surface area (TPSA) is 83.0 Å². The summed E-state index contributed by atoms with van der Waals surface area (Å²) in [5, 5.41) is 15.4. The Morgan fingerprint density at radius 2 is 1.98 bits per heavy atom. The minimum absolute atomic E-state index is 0.00409. The highest BCUT2D eigenvalue weighted by Gasteiger charge is 2.49. The van der Waals surface area contributed by atoms with Crippen molar-refractivity contribution in [3.8, 4) is 35.2 Å². The van der Waals surface area contributed by atoms with E-state index >= 15 is 4.39 Å². The van der Waals surface area contributed by atoms with E-state index < -0.39 is 23.3 Å². The predicted octanol–water partition coefficient (Wildman–Crippen LogP) is 5.58. The Morgan fingerprint density at radius 1 is 1.13 bits per heavy atom. The molecule has 4 aromatic rings. The van der Waals surface area contributed by atoms with Crippen molar-refractivity contribution in [3.63, 3.8) is 0 Å². The number of methoxy groups -OCH3 is 1. The number of terminal acetylenes is 1. The summed E-state index contributed by atoms with van der Waals surface area (Å²) in [6.45, 7) is 5.75. The van der Waals surface area contributed by atoms with Gasteiger partial charge in [-0.05, 0) is 61.0 Å². The number of benzene rings is 3. The monoisotopic (exact) mass is 645 g/mol. The van der Waals surface area contributed by atoms with E-state index in [-0.39, 0.29) is 46.1 Å². The van der Waals surface area contributed by atoms with Gasteiger partial charge in [0, 0.05) is 56.0 Å². The van der Waals surface area contributed by atoms with Gasteiger partial charge < -0.3 is 24.8 Å². The number of aromatic hydroxyl groups is 1. The van der Waals surface area contributed by atoms with Crippen LogP contribution >= 0.6 is 0 Å². The summed E-state index contributed by atoms with van der Waals surface area (Å²) in [4.78, 5) is 13.7. The number of halogens is 3. The molecule has 3 aliphatic rings. The van der Waals surface area contributed by atoms with Crippen LogP contribution in [0.5, 0.6) is 11.8 Å². The lowest BCUT2D eigenvalue weighted by Crippen LogP contribution is -2.62. The Labute approximate surface area is 271 Å². The number of alkyl halides is 1. The third-order valence-corrected chi connectivity index (χ3v) is 10.3. The number of ether oxygens (including phenoxy) is 2. The molecule has 0 saturated carbocycles. The lowest BCUT2D eigenvalue weighted by Gasteiger charge is -2.43. The Balaban J connectivity index is 1.38. The van der Waals surface area contributed by atoms with Crippen LogP contribution < -0.4 is 15.0 Å². The summed E-state index contributed by atoms with van der Waals surface area (Å²) in [5.74, 6) is 1.48. The minimum atomic E-state index is -0.925. The minimum Gasteiger partial charge on any atom is -0.508 e. The molecule has 246 valence electrons.